The number of imidazole rings is 1. The van der Waals surface area contributed by atoms with Crippen molar-refractivity contribution in [1.29, 1.82) is 0 Å². The number of benzene rings is 2. The van der Waals surface area contributed by atoms with E-state index in [0.717, 1.165) is 22.4 Å². The van der Waals surface area contributed by atoms with Crippen LogP contribution in [0.3, 0.4) is 0 Å². The molecule has 3 aromatic rings. The molecular weight excluding hydrogens is 298 g/mol. The lowest BCUT2D eigenvalue weighted by Gasteiger charge is -2.03. The van der Waals surface area contributed by atoms with E-state index in [0.29, 0.717) is 17.1 Å². The molecule has 2 N–H and O–H groups in total. The molecule has 5 heteroatoms. The van der Waals surface area contributed by atoms with Crippen molar-refractivity contribution in [3.8, 4) is 11.4 Å². The molecule has 0 radical (unpaired) electrons. The minimum Gasteiger partial charge on any atom is -0.349 e. The zero-order valence-corrected chi connectivity index (χ0v) is 12.5. The first-order chi connectivity index (χ1) is 10.7. The van der Waals surface area contributed by atoms with E-state index in [2.05, 4.69) is 21.9 Å². The van der Waals surface area contributed by atoms with Crippen LogP contribution >= 0.6 is 11.6 Å². The molecule has 0 spiro atoms. The summed E-state index contributed by atoms with van der Waals surface area (Å²) in [6, 6.07) is 12.8. The number of aromatic nitrogens is 2. The number of nitrogens with one attached hydrogen (secondary N) is 2. The predicted molar refractivity (Wildman–Crippen MR) is 89.1 cm³/mol. The van der Waals surface area contributed by atoms with Crippen LogP contribution in [0, 0.1) is 0 Å². The Morgan fingerprint density at radius 3 is 2.77 bits per heavy atom. The molecule has 0 aliphatic rings. The summed E-state index contributed by atoms with van der Waals surface area (Å²) < 4.78 is 0. The van der Waals surface area contributed by atoms with Crippen LogP contribution in [0.2, 0.25) is 5.02 Å². The number of nitrogens with zero attached hydrogens (tertiary/aromatic N) is 1. The number of hydrogen-bond acceptors (Lipinski definition) is 2. The number of hydrogen-bond donors (Lipinski definition) is 2. The van der Waals surface area contributed by atoms with E-state index in [1.54, 1.807) is 18.2 Å². The highest BCUT2D eigenvalue weighted by molar-refractivity contribution is 6.31. The highest BCUT2D eigenvalue weighted by atomic mass is 35.5. The smallest absolute Gasteiger partial charge is 0.251 e. The molecule has 3 rings (SSSR count). The normalized spacial score (nSPS) is 10.6. The summed E-state index contributed by atoms with van der Waals surface area (Å²) in [7, 11) is 0. The van der Waals surface area contributed by atoms with Gasteiger partial charge in [-0.15, -0.1) is 6.58 Å². The fraction of sp³-hybridized carbons (Fsp3) is 0.0588. The van der Waals surface area contributed by atoms with Crippen LogP contribution < -0.4 is 5.32 Å². The van der Waals surface area contributed by atoms with E-state index in [1.165, 1.54) is 0 Å². The minimum absolute atomic E-state index is 0.122. The van der Waals surface area contributed by atoms with Gasteiger partial charge in [0.15, 0.2) is 0 Å². The second-order valence-electron chi connectivity index (χ2n) is 4.82. The first kappa shape index (κ1) is 14.4. The van der Waals surface area contributed by atoms with Gasteiger partial charge in [0.25, 0.3) is 5.91 Å². The lowest BCUT2D eigenvalue weighted by atomic mass is 10.1. The van der Waals surface area contributed by atoms with Crippen LogP contribution in [0.15, 0.2) is 55.1 Å². The summed E-state index contributed by atoms with van der Waals surface area (Å²) in [6.45, 7) is 4.02. The van der Waals surface area contributed by atoms with Crippen molar-refractivity contribution >= 4 is 28.5 Å². The van der Waals surface area contributed by atoms with E-state index in [9.17, 15) is 4.79 Å². The summed E-state index contributed by atoms with van der Waals surface area (Å²) in [4.78, 5) is 19.6. The Balaban J connectivity index is 1.87. The average Bonchev–Trinajstić information content (AvgIpc) is 2.95. The molecule has 4 nitrogen and oxygen atoms in total. The largest absolute Gasteiger partial charge is 0.349 e. The van der Waals surface area contributed by atoms with Crippen molar-refractivity contribution in [2.75, 3.05) is 6.54 Å². The van der Waals surface area contributed by atoms with Crippen LogP contribution in [0.5, 0.6) is 0 Å². The second-order valence-corrected chi connectivity index (χ2v) is 5.26. The van der Waals surface area contributed by atoms with Gasteiger partial charge in [-0.25, -0.2) is 4.98 Å². The fourth-order valence-corrected chi connectivity index (χ4v) is 2.34. The number of H-pyrrole nitrogens is 1. The van der Waals surface area contributed by atoms with Crippen LogP contribution in [-0.2, 0) is 0 Å². The third kappa shape index (κ3) is 2.87. The van der Waals surface area contributed by atoms with Gasteiger partial charge in [-0.1, -0.05) is 29.8 Å². The van der Waals surface area contributed by atoms with Gasteiger partial charge < -0.3 is 10.3 Å². The number of amides is 1. The van der Waals surface area contributed by atoms with Gasteiger partial charge >= 0.3 is 0 Å². The molecule has 1 aromatic heterocycles. The molecular formula is C17H14ClN3O. The van der Waals surface area contributed by atoms with Gasteiger partial charge in [0.05, 0.1) is 11.0 Å². The topological polar surface area (TPSA) is 57.8 Å². The maximum absolute atomic E-state index is 11.8. The van der Waals surface area contributed by atoms with Gasteiger partial charge in [0.2, 0.25) is 0 Å². The third-order valence-electron chi connectivity index (χ3n) is 3.27. The standard InChI is InChI=1S/C17H14ClN3O/c1-2-9-19-17(22)12-5-3-11(4-6-12)16-20-14-8-7-13(18)10-15(14)21-16/h2-8,10H,1,9H2,(H,19,22)(H,20,21). The predicted octanol–water partition coefficient (Wildman–Crippen LogP) is 3.80. The monoisotopic (exact) mass is 311 g/mol. The first-order valence-electron chi connectivity index (χ1n) is 6.82. The SMILES string of the molecule is C=CCNC(=O)c1ccc(-c2nc3ccc(Cl)cc3[nH]2)cc1. The van der Waals surface area contributed by atoms with Crippen LogP contribution in [0.1, 0.15) is 10.4 Å². The molecule has 0 atom stereocenters. The van der Waals surface area contributed by atoms with Gasteiger partial charge in [-0.2, -0.15) is 0 Å². The molecule has 1 amide bonds. The zero-order valence-electron chi connectivity index (χ0n) is 11.8. The number of fused-ring (bicyclic) bond motifs is 1. The zero-order chi connectivity index (χ0) is 15.5. The molecule has 22 heavy (non-hydrogen) atoms. The lowest BCUT2D eigenvalue weighted by Crippen LogP contribution is -2.22. The minimum atomic E-state index is -0.122. The van der Waals surface area contributed by atoms with Crippen LogP contribution in [0.4, 0.5) is 0 Å². The van der Waals surface area contributed by atoms with Crippen molar-refractivity contribution in [3.63, 3.8) is 0 Å². The van der Waals surface area contributed by atoms with Crippen LogP contribution in [0.25, 0.3) is 22.4 Å². The molecule has 0 fully saturated rings. The first-order valence-corrected chi connectivity index (χ1v) is 7.20. The molecule has 0 bridgehead atoms. The van der Waals surface area contributed by atoms with E-state index in [4.69, 9.17) is 11.6 Å². The number of rotatable bonds is 4. The van der Waals surface area contributed by atoms with Gasteiger partial charge in [0, 0.05) is 22.7 Å². The van der Waals surface area contributed by atoms with E-state index < -0.39 is 0 Å². The molecule has 0 aliphatic heterocycles. The van der Waals surface area contributed by atoms with Crippen molar-refractivity contribution in [3.05, 3.63) is 65.7 Å². The quantitative estimate of drug-likeness (QED) is 0.720. The maximum Gasteiger partial charge on any atom is 0.251 e. The van der Waals surface area contributed by atoms with E-state index >= 15 is 0 Å². The average molecular weight is 312 g/mol. The molecule has 0 saturated heterocycles. The molecule has 1 heterocycles. The van der Waals surface area contributed by atoms with Gasteiger partial charge in [-0.3, -0.25) is 4.79 Å². The summed E-state index contributed by atoms with van der Waals surface area (Å²) in [5.41, 5.74) is 3.25. The Labute approximate surface area is 132 Å². The van der Waals surface area contributed by atoms with Crippen molar-refractivity contribution < 1.29 is 4.79 Å². The number of aromatic amines is 1. The lowest BCUT2D eigenvalue weighted by molar-refractivity contribution is 0.0958. The molecule has 2 aromatic carbocycles. The maximum atomic E-state index is 11.8. The second kappa shape index (κ2) is 6.03. The summed E-state index contributed by atoms with van der Waals surface area (Å²) in [5.74, 6) is 0.623. The highest BCUT2D eigenvalue weighted by Gasteiger charge is 2.08. The van der Waals surface area contributed by atoms with E-state index in [-0.39, 0.29) is 5.91 Å². The summed E-state index contributed by atoms with van der Waals surface area (Å²) in [6.07, 6.45) is 1.64. The summed E-state index contributed by atoms with van der Waals surface area (Å²) in [5, 5.41) is 3.40. The molecule has 0 aliphatic carbocycles. The number of carbonyl (C=O) groups is 1. The molecule has 0 saturated carbocycles. The fourth-order valence-electron chi connectivity index (χ4n) is 2.16. The Morgan fingerprint density at radius 1 is 1.27 bits per heavy atom. The highest BCUT2D eigenvalue weighted by Crippen LogP contribution is 2.23. The Bertz CT molecular complexity index is 837. The Hall–Kier alpha value is -2.59. The van der Waals surface area contributed by atoms with E-state index in [1.807, 2.05) is 30.3 Å². The summed E-state index contributed by atoms with van der Waals surface area (Å²) >= 11 is 5.97. The van der Waals surface area contributed by atoms with Gasteiger partial charge in [-0.05, 0) is 30.3 Å². The third-order valence-corrected chi connectivity index (χ3v) is 3.51. The number of halogens is 1. The van der Waals surface area contributed by atoms with Crippen molar-refractivity contribution in [2.24, 2.45) is 0 Å². The van der Waals surface area contributed by atoms with Crippen molar-refractivity contribution in [2.45, 2.75) is 0 Å². The number of carbonyl (C=O) groups excluding carboxylic acids is 1. The molecule has 0 unspecified atom stereocenters. The van der Waals surface area contributed by atoms with Gasteiger partial charge in [0.1, 0.15) is 5.82 Å². The van der Waals surface area contributed by atoms with Crippen molar-refractivity contribution in [1.82, 2.24) is 15.3 Å². The van der Waals surface area contributed by atoms with Crippen LogP contribution in [-0.4, -0.2) is 22.4 Å². The molecule has 110 valence electrons. The Morgan fingerprint density at radius 2 is 2.05 bits per heavy atom. The Kier molecular flexibility index (Phi) is 3.94.